The molecule has 0 aliphatic carbocycles. The van der Waals surface area contributed by atoms with E-state index in [0.29, 0.717) is 25.9 Å². The highest BCUT2D eigenvalue weighted by atomic mass is 19.1. The van der Waals surface area contributed by atoms with Crippen molar-refractivity contribution in [2.24, 2.45) is 0 Å². The lowest BCUT2D eigenvalue weighted by molar-refractivity contribution is -0.136. The summed E-state index contributed by atoms with van der Waals surface area (Å²) >= 11 is 0. The molecule has 2 heterocycles. The largest absolute Gasteiger partial charge is 0.375 e. The van der Waals surface area contributed by atoms with Crippen LogP contribution in [0, 0.1) is 5.82 Å². The van der Waals surface area contributed by atoms with Gasteiger partial charge in [-0.15, -0.1) is 0 Å². The van der Waals surface area contributed by atoms with Gasteiger partial charge in [0, 0.05) is 44.2 Å². The van der Waals surface area contributed by atoms with E-state index in [9.17, 15) is 18.8 Å². The number of hydrogen-bond donors (Lipinski definition) is 2. The third kappa shape index (κ3) is 5.35. The number of carbonyl (C=O) groups is 3. The van der Waals surface area contributed by atoms with Gasteiger partial charge in [0.25, 0.3) is 11.8 Å². The monoisotopic (exact) mass is 415 g/mol. The van der Waals surface area contributed by atoms with Crippen LogP contribution in [0.15, 0.2) is 36.7 Å². The molecular formula is C20H22FN5O4. The van der Waals surface area contributed by atoms with Gasteiger partial charge < -0.3 is 20.3 Å². The molecule has 1 saturated heterocycles. The molecule has 1 aromatic carbocycles. The average molecular weight is 415 g/mol. The number of aromatic nitrogens is 2. The number of carbonyl (C=O) groups excluding carboxylic acids is 3. The van der Waals surface area contributed by atoms with Crippen molar-refractivity contribution in [3.63, 3.8) is 0 Å². The number of likely N-dealkylation sites (tertiary alicyclic amines) is 1. The maximum atomic E-state index is 13.0. The Bertz CT molecular complexity index is 914. The molecule has 0 bridgehead atoms. The van der Waals surface area contributed by atoms with Gasteiger partial charge in [-0.25, -0.2) is 14.4 Å². The van der Waals surface area contributed by atoms with Crippen molar-refractivity contribution in [2.45, 2.75) is 18.9 Å². The Morgan fingerprint density at radius 1 is 1.10 bits per heavy atom. The Morgan fingerprint density at radius 3 is 2.43 bits per heavy atom. The Balaban J connectivity index is 1.61. The van der Waals surface area contributed by atoms with Crippen LogP contribution >= 0.6 is 0 Å². The van der Waals surface area contributed by atoms with Crippen LogP contribution in [0.3, 0.4) is 0 Å². The fourth-order valence-corrected chi connectivity index (χ4v) is 3.12. The van der Waals surface area contributed by atoms with Gasteiger partial charge in [-0.1, -0.05) is 0 Å². The minimum atomic E-state index is -0.533. The van der Waals surface area contributed by atoms with Crippen LogP contribution in [0.4, 0.5) is 10.2 Å². The Labute approximate surface area is 172 Å². The predicted octanol–water partition coefficient (Wildman–Crippen LogP) is 1.24. The predicted molar refractivity (Wildman–Crippen MR) is 105 cm³/mol. The molecule has 0 saturated carbocycles. The van der Waals surface area contributed by atoms with Crippen LogP contribution in [-0.4, -0.2) is 65.4 Å². The smallest absolute Gasteiger partial charge is 0.273 e. The van der Waals surface area contributed by atoms with E-state index < -0.39 is 17.6 Å². The number of rotatable bonds is 6. The summed E-state index contributed by atoms with van der Waals surface area (Å²) in [5, 5.41) is 5.41. The highest BCUT2D eigenvalue weighted by Gasteiger charge is 2.25. The second-order valence-electron chi connectivity index (χ2n) is 6.78. The zero-order valence-electron chi connectivity index (χ0n) is 16.4. The van der Waals surface area contributed by atoms with E-state index in [1.54, 1.807) is 4.90 Å². The maximum Gasteiger partial charge on any atom is 0.273 e. The third-order valence-corrected chi connectivity index (χ3v) is 4.70. The van der Waals surface area contributed by atoms with Crippen molar-refractivity contribution in [2.75, 3.05) is 32.1 Å². The maximum absolute atomic E-state index is 13.0. The molecule has 3 rings (SSSR count). The molecular weight excluding hydrogens is 393 g/mol. The van der Waals surface area contributed by atoms with E-state index >= 15 is 0 Å². The van der Waals surface area contributed by atoms with Gasteiger partial charge in [-0.2, -0.15) is 0 Å². The molecule has 0 unspecified atom stereocenters. The topological polar surface area (TPSA) is 114 Å². The average Bonchev–Trinajstić information content (AvgIpc) is 2.75. The van der Waals surface area contributed by atoms with E-state index in [1.165, 1.54) is 43.8 Å². The molecule has 158 valence electrons. The second-order valence-corrected chi connectivity index (χ2v) is 6.78. The summed E-state index contributed by atoms with van der Waals surface area (Å²) in [6, 6.07) is 4.87. The molecule has 9 nitrogen and oxygen atoms in total. The van der Waals surface area contributed by atoms with Crippen molar-refractivity contribution >= 4 is 23.5 Å². The minimum Gasteiger partial charge on any atom is -0.375 e. The fraction of sp³-hybridized carbons (Fsp3) is 0.350. The van der Waals surface area contributed by atoms with E-state index in [0.717, 1.165) is 0 Å². The molecule has 2 N–H and O–H groups in total. The lowest BCUT2D eigenvalue weighted by Gasteiger charge is -2.32. The summed E-state index contributed by atoms with van der Waals surface area (Å²) in [5.74, 6) is -1.53. The number of methoxy groups -OCH3 is 1. The number of amides is 3. The van der Waals surface area contributed by atoms with Crippen molar-refractivity contribution in [1.82, 2.24) is 20.2 Å². The molecule has 1 aliphatic rings. The lowest BCUT2D eigenvalue weighted by Crippen LogP contribution is -2.47. The van der Waals surface area contributed by atoms with E-state index in [4.69, 9.17) is 4.74 Å². The van der Waals surface area contributed by atoms with E-state index in [1.807, 2.05) is 0 Å². The zero-order chi connectivity index (χ0) is 21.5. The number of nitrogens with zero attached hydrogens (tertiary/aromatic N) is 3. The first-order valence-electron chi connectivity index (χ1n) is 9.43. The molecule has 2 aromatic rings. The molecule has 3 amide bonds. The van der Waals surface area contributed by atoms with E-state index in [-0.39, 0.29) is 35.6 Å². The van der Waals surface area contributed by atoms with Crippen LogP contribution in [0.1, 0.15) is 33.7 Å². The Morgan fingerprint density at radius 2 is 1.77 bits per heavy atom. The molecule has 0 radical (unpaired) electrons. The van der Waals surface area contributed by atoms with Gasteiger partial charge in [-0.3, -0.25) is 14.4 Å². The summed E-state index contributed by atoms with van der Waals surface area (Å²) in [6.07, 6.45) is 3.91. The highest BCUT2D eigenvalue weighted by Crippen LogP contribution is 2.15. The first-order chi connectivity index (χ1) is 14.5. The minimum absolute atomic E-state index is 0.0111. The van der Waals surface area contributed by atoms with Gasteiger partial charge in [-0.05, 0) is 37.1 Å². The molecule has 1 aromatic heterocycles. The van der Waals surface area contributed by atoms with Gasteiger partial charge in [0.1, 0.15) is 12.4 Å². The van der Waals surface area contributed by atoms with Gasteiger partial charge in [0.2, 0.25) is 5.91 Å². The Hall–Kier alpha value is -3.40. The SMILES string of the molecule is COCC(=O)N1CCC(NC(=O)c2nccnc2NC(=O)c2ccc(F)cc2)CC1. The standard InChI is InChI=1S/C20H22FN5O4/c1-30-12-16(27)26-10-6-15(7-11-26)24-20(29)17-18(23-9-8-22-17)25-19(28)13-2-4-14(21)5-3-13/h2-5,8-9,15H,6-7,10-12H2,1H3,(H,24,29)(H,23,25,28). The van der Waals surface area contributed by atoms with E-state index in [2.05, 4.69) is 20.6 Å². The summed E-state index contributed by atoms with van der Waals surface area (Å²) in [5.41, 5.74) is 0.201. The molecule has 0 spiro atoms. The number of benzene rings is 1. The van der Waals surface area contributed by atoms with Crippen LogP contribution in [-0.2, 0) is 9.53 Å². The highest BCUT2D eigenvalue weighted by molar-refractivity contribution is 6.07. The molecule has 0 atom stereocenters. The third-order valence-electron chi connectivity index (χ3n) is 4.70. The van der Waals surface area contributed by atoms with Gasteiger partial charge in [0.15, 0.2) is 11.5 Å². The van der Waals surface area contributed by atoms with Crippen molar-refractivity contribution in [3.05, 3.63) is 53.7 Å². The van der Waals surface area contributed by atoms with Gasteiger partial charge >= 0.3 is 0 Å². The molecule has 30 heavy (non-hydrogen) atoms. The summed E-state index contributed by atoms with van der Waals surface area (Å²) in [7, 11) is 1.47. The van der Waals surface area contributed by atoms with Crippen LogP contribution in [0.25, 0.3) is 0 Å². The quantitative estimate of drug-likeness (QED) is 0.734. The number of ether oxygens (including phenoxy) is 1. The lowest BCUT2D eigenvalue weighted by atomic mass is 10.0. The van der Waals surface area contributed by atoms with Crippen LogP contribution in [0.2, 0.25) is 0 Å². The summed E-state index contributed by atoms with van der Waals surface area (Å²) < 4.78 is 17.9. The normalized spacial score (nSPS) is 14.3. The second kappa shape index (κ2) is 9.88. The number of nitrogens with one attached hydrogen (secondary N) is 2. The number of hydrogen-bond acceptors (Lipinski definition) is 6. The number of piperidine rings is 1. The van der Waals surface area contributed by atoms with Crippen molar-refractivity contribution in [1.29, 1.82) is 0 Å². The number of halogens is 1. The summed E-state index contributed by atoms with van der Waals surface area (Å²) in [6.45, 7) is 1.07. The molecule has 1 aliphatic heterocycles. The van der Waals surface area contributed by atoms with Crippen LogP contribution in [0.5, 0.6) is 0 Å². The zero-order valence-corrected chi connectivity index (χ0v) is 16.4. The van der Waals surface area contributed by atoms with Crippen molar-refractivity contribution in [3.8, 4) is 0 Å². The first-order valence-corrected chi connectivity index (χ1v) is 9.43. The van der Waals surface area contributed by atoms with Crippen molar-refractivity contribution < 1.29 is 23.5 Å². The fourth-order valence-electron chi connectivity index (χ4n) is 3.12. The molecule has 1 fully saturated rings. The Kier molecular flexibility index (Phi) is 7.02. The van der Waals surface area contributed by atoms with Gasteiger partial charge in [0.05, 0.1) is 0 Å². The van der Waals surface area contributed by atoms with Crippen LogP contribution < -0.4 is 10.6 Å². The first kappa shape index (κ1) is 21.3. The number of anilines is 1. The molecule has 10 heteroatoms. The summed E-state index contributed by atoms with van der Waals surface area (Å²) in [4.78, 5) is 46.7.